The molecular weight excluding hydrogens is 375 g/mol. The van der Waals surface area contributed by atoms with Gasteiger partial charge in [0.05, 0.1) is 22.5 Å². The van der Waals surface area contributed by atoms with Crippen molar-refractivity contribution in [2.75, 3.05) is 5.32 Å². The second-order valence-corrected chi connectivity index (χ2v) is 5.44. The van der Waals surface area contributed by atoms with E-state index >= 15 is 0 Å². The summed E-state index contributed by atoms with van der Waals surface area (Å²) in [7, 11) is 0. The van der Waals surface area contributed by atoms with Gasteiger partial charge >= 0.3 is 6.18 Å². The number of alkyl halides is 3. The molecule has 0 fully saturated rings. The van der Waals surface area contributed by atoms with Gasteiger partial charge in [-0.3, -0.25) is 9.48 Å². The first-order chi connectivity index (χ1) is 9.74. The van der Waals surface area contributed by atoms with Crippen molar-refractivity contribution in [2.45, 2.75) is 12.7 Å². The Morgan fingerprint density at radius 2 is 2.14 bits per heavy atom. The van der Waals surface area contributed by atoms with Crippen LogP contribution in [0.1, 0.15) is 10.4 Å². The third-order valence-corrected chi connectivity index (χ3v) is 3.23. The minimum absolute atomic E-state index is 0.153. The molecule has 2 aromatic rings. The van der Waals surface area contributed by atoms with Crippen LogP contribution in [0.15, 0.2) is 35.1 Å². The molecule has 1 aromatic heterocycles. The van der Waals surface area contributed by atoms with E-state index in [2.05, 4.69) is 26.3 Å². The number of nitrogens with zero attached hydrogens (tertiary/aromatic N) is 2. The molecule has 0 aliphatic carbocycles. The van der Waals surface area contributed by atoms with E-state index in [1.165, 1.54) is 12.1 Å². The zero-order valence-corrected chi connectivity index (χ0v) is 12.6. The highest BCUT2D eigenvalue weighted by Gasteiger charge is 2.28. The number of carbonyl (C=O) groups is 1. The van der Waals surface area contributed by atoms with Crippen LogP contribution in [0.3, 0.4) is 0 Å². The fourth-order valence-electron chi connectivity index (χ4n) is 1.57. The lowest BCUT2D eigenvalue weighted by Crippen LogP contribution is -2.18. The summed E-state index contributed by atoms with van der Waals surface area (Å²) in [6, 6.07) is 4.71. The molecule has 0 saturated carbocycles. The Kier molecular flexibility index (Phi) is 4.58. The number of amides is 1. The number of aromatic nitrogens is 2. The number of carbonyl (C=O) groups excluding carboxylic acids is 1. The Morgan fingerprint density at radius 1 is 1.43 bits per heavy atom. The van der Waals surface area contributed by atoms with Gasteiger partial charge in [0.2, 0.25) is 0 Å². The minimum atomic E-state index is -4.37. The van der Waals surface area contributed by atoms with Gasteiger partial charge in [0, 0.05) is 10.7 Å². The summed E-state index contributed by atoms with van der Waals surface area (Å²) in [5.41, 5.74) is 0.356. The minimum Gasteiger partial charge on any atom is -0.319 e. The van der Waals surface area contributed by atoms with E-state index in [1.54, 1.807) is 6.07 Å². The molecule has 0 atom stereocenters. The van der Waals surface area contributed by atoms with Crippen molar-refractivity contribution in [1.82, 2.24) is 9.78 Å². The van der Waals surface area contributed by atoms with Gasteiger partial charge in [-0.1, -0.05) is 27.5 Å². The average molecular weight is 383 g/mol. The smallest absolute Gasteiger partial charge is 0.319 e. The molecule has 0 saturated heterocycles. The first-order valence-corrected chi connectivity index (χ1v) is 6.77. The highest BCUT2D eigenvalue weighted by molar-refractivity contribution is 9.10. The molecule has 1 heterocycles. The summed E-state index contributed by atoms with van der Waals surface area (Å²) in [5, 5.41) is 6.20. The Balaban J connectivity index is 2.11. The summed E-state index contributed by atoms with van der Waals surface area (Å²) >= 11 is 9.11. The van der Waals surface area contributed by atoms with Crippen LogP contribution in [0.25, 0.3) is 0 Å². The second kappa shape index (κ2) is 6.07. The average Bonchev–Trinajstić information content (AvgIpc) is 2.77. The van der Waals surface area contributed by atoms with Crippen molar-refractivity contribution in [3.63, 3.8) is 0 Å². The quantitative estimate of drug-likeness (QED) is 0.868. The Morgan fingerprint density at radius 3 is 2.81 bits per heavy atom. The predicted octanol–water partition coefficient (Wildman–Crippen LogP) is 4.11. The van der Waals surface area contributed by atoms with Gasteiger partial charge in [0.15, 0.2) is 0 Å². The lowest BCUT2D eigenvalue weighted by molar-refractivity contribution is -0.142. The number of rotatable bonds is 3. The predicted molar refractivity (Wildman–Crippen MR) is 75.4 cm³/mol. The lowest BCUT2D eigenvalue weighted by Gasteiger charge is -2.06. The molecule has 0 aliphatic rings. The summed E-state index contributed by atoms with van der Waals surface area (Å²) in [5.74, 6) is -0.534. The lowest BCUT2D eigenvalue weighted by atomic mass is 10.2. The number of nitrogens with one attached hydrogen (secondary N) is 1. The van der Waals surface area contributed by atoms with E-state index < -0.39 is 18.6 Å². The fourth-order valence-corrected chi connectivity index (χ4v) is 2.13. The molecule has 0 unspecified atom stereocenters. The Hall–Kier alpha value is -1.54. The summed E-state index contributed by atoms with van der Waals surface area (Å²) in [6.07, 6.45) is -2.15. The maximum Gasteiger partial charge on any atom is 0.408 e. The third-order valence-electron chi connectivity index (χ3n) is 2.41. The van der Waals surface area contributed by atoms with Crippen molar-refractivity contribution < 1.29 is 18.0 Å². The molecular formula is C12H8BrClF3N3O. The standard InChI is InChI=1S/C12H8BrClF3N3O/c13-7-1-2-10(14)9(3-7)11(21)19-8-4-18-20(5-8)6-12(15,16)17/h1-5H,6H2,(H,19,21). The van der Waals surface area contributed by atoms with Crippen LogP contribution < -0.4 is 5.32 Å². The van der Waals surface area contributed by atoms with Crippen LogP contribution in [-0.4, -0.2) is 21.9 Å². The van der Waals surface area contributed by atoms with Gasteiger partial charge in [0.1, 0.15) is 6.54 Å². The maximum atomic E-state index is 12.2. The molecule has 9 heteroatoms. The van der Waals surface area contributed by atoms with E-state index in [-0.39, 0.29) is 16.3 Å². The van der Waals surface area contributed by atoms with Gasteiger partial charge < -0.3 is 5.32 Å². The number of anilines is 1. The van der Waals surface area contributed by atoms with Crippen LogP contribution in [0.4, 0.5) is 18.9 Å². The van der Waals surface area contributed by atoms with Crippen LogP contribution in [0.2, 0.25) is 5.02 Å². The molecule has 0 spiro atoms. The molecule has 21 heavy (non-hydrogen) atoms. The molecule has 1 amide bonds. The number of halogens is 5. The maximum absolute atomic E-state index is 12.2. The second-order valence-electron chi connectivity index (χ2n) is 4.12. The molecule has 0 radical (unpaired) electrons. The van der Waals surface area contributed by atoms with E-state index in [0.717, 1.165) is 12.4 Å². The van der Waals surface area contributed by atoms with Crippen LogP contribution in [-0.2, 0) is 6.54 Å². The Labute approximate surface area is 131 Å². The molecule has 2 rings (SSSR count). The van der Waals surface area contributed by atoms with Crippen molar-refractivity contribution in [3.05, 3.63) is 45.7 Å². The van der Waals surface area contributed by atoms with Gasteiger partial charge in [-0.2, -0.15) is 18.3 Å². The largest absolute Gasteiger partial charge is 0.408 e. The fraction of sp³-hybridized carbons (Fsp3) is 0.167. The topological polar surface area (TPSA) is 46.9 Å². The van der Waals surface area contributed by atoms with E-state index in [4.69, 9.17) is 11.6 Å². The van der Waals surface area contributed by atoms with E-state index in [0.29, 0.717) is 9.15 Å². The SMILES string of the molecule is O=C(Nc1cnn(CC(F)(F)F)c1)c1cc(Br)ccc1Cl. The summed E-state index contributed by atoms with van der Waals surface area (Å²) in [4.78, 5) is 12.0. The van der Waals surface area contributed by atoms with Gasteiger partial charge in [-0.05, 0) is 18.2 Å². The van der Waals surface area contributed by atoms with Gasteiger partial charge in [0.25, 0.3) is 5.91 Å². The number of benzene rings is 1. The highest BCUT2D eigenvalue weighted by Crippen LogP contribution is 2.22. The van der Waals surface area contributed by atoms with Crippen LogP contribution in [0.5, 0.6) is 0 Å². The zero-order valence-electron chi connectivity index (χ0n) is 10.3. The van der Waals surface area contributed by atoms with Crippen LogP contribution >= 0.6 is 27.5 Å². The zero-order chi connectivity index (χ0) is 15.6. The van der Waals surface area contributed by atoms with Crippen molar-refractivity contribution in [1.29, 1.82) is 0 Å². The van der Waals surface area contributed by atoms with E-state index in [1.807, 2.05) is 0 Å². The van der Waals surface area contributed by atoms with E-state index in [9.17, 15) is 18.0 Å². The van der Waals surface area contributed by atoms with Crippen molar-refractivity contribution >= 4 is 39.1 Å². The summed E-state index contributed by atoms with van der Waals surface area (Å²) < 4.78 is 38.0. The molecule has 0 aliphatic heterocycles. The van der Waals surface area contributed by atoms with Crippen molar-refractivity contribution in [2.24, 2.45) is 0 Å². The number of hydrogen-bond donors (Lipinski definition) is 1. The monoisotopic (exact) mass is 381 g/mol. The van der Waals surface area contributed by atoms with Gasteiger partial charge in [-0.25, -0.2) is 0 Å². The first-order valence-electron chi connectivity index (χ1n) is 5.60. The Bertz CT molecular complexity index is 672. The normalized spacial score (nSPS) is 11.5. The summed E-state index contributed by atoms with van der Waals surface area (Å²) in [6.45, 7) is -1.22. The molecule has 1 N–H and O–H groups in total. The molecule has 4 nitrogen and oxygen atoms in total. The van der Waals surface area contributed by atoms with Crippen LogP contribution in [0, 0.1) is 0 Å². The molecule has 0 bridgehead atoms. The molecule has 112 valence electrons. The third kappa shape index (κ3) is 4.47. The highest BCUT2D eigenvalue weighted by atomic mass is 79.9. The number of hydrogen-bond acceptors (Lipinski definition) is 2. The van der Waals surface area contributed by atoms with Crippen molar-refractivity contribution in [3.8, 4) is 0 Å². The molecule has 1 aromatic carbocycles. The van der Waals surface area contributed by atoms with Gasteiger partial charge in [-0.15, -0.1) is 0 Å². The first kappa shape index (κ1) is 15.8.